The van der Waals surface area contributed by atoms with Crippen LogP contribution in [-0.2, 0) is 16.1 Å². The van der Waals surface area contributed by atoms with Crippen molar-refractivity contribution in [2.45, 2.75) is 12.6 Å². The molecule has 0 aromatic heterocycles. The van der Waals surface area contributed by atoms with Gasteiger partial charge in [0.25, 0.3) is 0 Å². The summed E-state index contributed by atoms with van der Waals surface area (Å²) in [6, 6.07) is 8.48. The molecular formula is C11H15N3O3. The third kappa shape index (κ3) is 4.98. The van der Waals surface area contributed by atoms with E-state index in [0.29, 0.717) is 6.54 Å². The first-order valence-electron chi connectivity index (χ1n) is 5.09. The summed E-state index contributed by atoms with van der Waals surface area (Å²) >= 11 is 0. The SMILES string of the molecule is NC(=O)OCC(N)C(=O)NCc1ccccc1. The van der Waals surface area contributed by atoms with E-state index in [9.17, 15) is 9.59 Å². The Balaban J connectivity index is 2.32. The molecular weight excluding hydrogens is 222 g/mol. The molecule has 0 bridgehead atoms. The van der Waals surface area contributed by atoms with Gasteiger partial charge in [0.05, 0.1) is 0 Å². The van der Waals surface area contributed by atoms with Crippen LogP contribution in [0.3, 0.4) is 0 Å². The van der Waals surface area contributed by atoms with Gasteiger partial charge in [0.2, 0.25) is 5.91 Å². The molecule has 5 N–H and O–H groups in total. The lowest BCUT2D eigenvalue weighted by Gasteiger charge is -2.11. The Bertz CT molecular complexity index is 381. The molecule has 1 atom stereocenters. The largest absolute Gasteiger partial charge is 0.447 e. The zero-order valence-electron chi connectivity index (χ0n) is 9.26. The van der Waals surface area contributed by atoms with E-state index in [2.05, 4.69) is 10.1 Å². The van der Waals surface area contributed by atoms with Gasteiger partial charge < -0.3 is 21.5 Å². The number of nitrogens with one attached hydrogen (secondary N) is 1. The summed E-state index contributed by atoms with van der Waals surface area (Å²) in [6.45, 7) is 0.153. The number of ether oxygens (including phenoxy) is 1. The zero-order chi connectivity index (χ0) is 12.7. The van der Waals surface area contributed by atoms with Crippen molar-refractivity contribution in [1.82, 2.24) is 5.32 Å². The normalized spacial score (nSPS) is 11.6. The van der Waals surface area contributed by atoms with Gasteiger partial charge in [0.15, 0.2) is 0 Å². The van der Waals surface area contributed by atoms with Crippen LogP contribution in [0.2, 0.25) is 0 Å². The lowest BCUT2D eigenvalue weighted by molar-refractivity contribution is -0.123. The van der Waals surface area contributed by atoms with Gasteiger partial charge in [0.1, 0.15) is 12.6 Å². The Kier molecular flexibility index (Phi) is 4.96. The van der Waals surface area contributed by atoms with Gasteiger partial charge in [-0.2, -0.15) is 0 Å². The van der Waals surface area contributed by atoms with Crippen LogP contribution in [0.4, 0.5) is 4.79 Å². The monoisotopic (exact) mass is 237 g/mol. The van der Waals surface area contributed by atoms with Crippen LogP contribution in [0.1, 0.15) is 5.56 Å². The highest BCUT2D eigenvalue weighted by atomic mass is 16.5. The van der Waals surface area contributed by atoms with Crippen molar-refractivity contribution < 1.29 is 14.3 Å². The van der Waals surface area contributed by atoms with Gasteiger partial charge in [-0.05, 0) is 5.56 Å². The fraction of sp³-hybridized carbons (Fsp3) is 0.273. The Morgan fingerprint density at radius 3 is 2.53 bits per heavy atom. The van der Waals surface area contributed by atoms with Gasteiger partial charge in [0, 0.05) is 6.54 Å². The maximum Gasteiger partial charge on any atom is 0.404 e. The molecule has 0 aliphatic rings. The first kappa shape index (κ1) is 13.0. The number of nitrogens with two attached hydrogens (primary N) is 2. The van der Waals surface area contributed by atoms with E-state index in [1.54, 1.807) is 0 Å². The topological polar surface area (TPSA) is 107 Å². The van der Waals surface area contributed by atoms with Gasteiger partial charge in [-0.3, -0.25) is 4.79 Å². The lowest BCUT2D eigenvalue weighted by atomic mass is 10.2. The maximum absolute atomic E-state index is 11.5. The number of amides is 2. The highest BCUT2D eigenvalue weighted by Gasteiger charge is 2.14. The molecule has 0 radical (unpaired) electrons. The summed E-state index contributed by atoms with van der Waals surface area (Å²) in [5.41, 5.74) is 11.2. The lowest BCUT2D eigenvalue weighted by Crippen LogP contribution is -2.44. The first-order chi connectivity index (χ1) is 8.09. The maximum atomic E-state index is 11.5. The molecule has 6 nitrogen and oxygen atoms in total. The van der Waals surface area contributed by atoms with Gasteiger partial charge in [-0.25, -0.2) is 4.79 Å². The predicted molar refractivity (Wildman–Crippen MR) is 61.8 cm³/mol. The van der Waals surface area contributed by atoms with E-state index in [1.807, 2.05) is 30.3 Å². The van der Waals surface area contributed by atoms with Crippen LogP contribution in [0.25, 0.3) is 0 Å². The summed E-state index contributed by atoms with van der Waals surface area (Å²) in [5.74, 6) is -0.393. The average Bonchev–Trinajstić information content (AvgIpc) is 2.34. The molecule has 1 aromatic rings. The van der Waals surface area contributed by atoms with Crippen molar-refractivity contribution in [1.29, 1.82) is 0 Å². The molecule has 0 saturated heterocycles. The molecule has 17 heavy (non-hydrogen) atoms. The van der Waals surface area contributed by atoms with Crippen molar-refractivity contribution in [3.05, 3.63) is 35.9 Å². The van der Waals surface area contributed by atoms with Gasteiger partial charge >= 0.3 is 6.09 Å². The highest BCUT2D eigenvalue weighted by Crippen LogP contribution is 1.97. The fourth-order valence-electron chi connectivity index (χ4n) is 1.16. The van der Waals surface area contributed by atoms with Gasteiger partial charge in [-0.1, -0.05) is 30.3 Å². The first-order valence-corrected chi connectivity index (χ1v) is 5.09. The van der Waals surface area contributed by atoms with E-state index < -0.39 is 18.0 Å². The van der Waals surface area contributed by atoms with Crippen molar-refractivity contribution in [2.75, 3.05) is 6.61 Å². The quantitative estimate of drug-likeness (QED) is 0.654. The molecule has 0 spiro atoms. The van der Waals surface area contributed by atoms with E-state index in [0.717, 1.165) is 5.56 Å². The number of hydrogen-bond acceptors (Lipinski definition) is 4. The molecule has 1 unspecified atom stereocenters. The molecule has 0 fully saturated rings. The summed E-state index contributed by atoms with van der Waals surface area (Å²) in [6.07, 6.45) is -0.948. The van der Waals surface area contributed by atoms with Crippen molar-refractivity contribution in [2.24, 2.45) is 11.5 Å². The number of primary amides is 1. The minimum atomic E-state index is -0.948. The van der Waals surface area contributed by atoms with Gasteiger partial charge in [-0.15, -0.1) is 0 Å². The Morgan fingerprint density at radius 1 is 1.29 bits per heavy atom. The number of benzene rings is 1. The van der Waals surface area contributed by atoms with E-state index in [1.165, 1.54) is 0 Å². The van der Waals surface area contributed by atoms with Crippen molar-refractivity contribution >= 4 is 12.0 Å². The Labute approximate surface area is 98.9 Å². The van der Waals surface area contributed by atoms with Crippen molar-refractivity contribution in [3.63, 3.8) is 0 Å². The van der Waals surface area contributed by atoms with Crippen LogP contribution in [0.15, 0.2) is 30.3 Å². The second-order valence-electron chi connectivity index (χ2n) is 3.44. The number of hydrogen-bond donors (Lipinski definition) is 3. The second-order valence-corrected chi connectivity index (χ2v) is 3.44. The Hall–Kier alpha value is -2.08. The molecule has 0 saturated carbocycles. The molecule has 1 aromatic carbocycles. The molecule has 0 aliphatic heterocycles. The van der Waals surface area contributed by atoms with Crippen LogP contribution in [0.5, 0.6) is 0 Å². The predicted octanol–water partition coefficient (Wildman–Crippen LogP) is -0.275. The van der Waals surface area contributed by atoms with E-state index in [-0.39, 0.29) is 6.61 Å². The molecule has 0 heterocycles. The minimum absolute atomic E-state index is 0.226. The number of carbonyl (C=O) groups is 2. The molecule has 2 amide bonds. The summed E-state index contributed by atoms with van der Waals surface area (Å²) in [4.78, 5) is 21.8. The standard InChI is InChI=1S/C11H15N3O3/c12-9(7-17-11(13)16)10(15)14-6-8-4-2-1-3-5-8/h1-5,9H,6-7,12H2,(H2,13,16)(H,14,15). The van der Waals surface area contributed by atoms with Crippen LogP contribution < -0.4 is 16.8 Å². The summed E-state index contributed by atoms with van der Waals surface area (Å²) < 4.78 is 4.43. The molecule has 92 valence electrons. The number of rotatable bonds is 5. The van der Waals surface area contributed by atoms with E-state index in [4.69, 9.17) is 11.5 Å². The van der Waals surface area contributed by atoms with Crippen molar-refractivity contribution in [3.8, 4) is 0 Å². The highest BCUT2D eigenvalue weighted by molar-refractivity contribution is 5.81. The number of carbonyl (C=O) groups excluding carboxylic acids is 2. The van der Waals surface area contributed by atoms with Crippen LogP contribution in [0, 0.1) is 0 Å². The fourth-order valence-corrected chi connectivity index (χ4v) is 1.16. The molecule has 0 aliphatic carbocycles. The summed E-state index contributed by atoms with van der Waals surface area (Å²) in [7, 11) is 0. The zero-order valence-corrected chi connectivity index (χ0v) is 9.26. The van der Waals surface area contributed by atoms with E-state index >= 15 is 0 Å². The molecule has 6 heteroatoms. The van der Waals surface area contributed by atoms with Crippen LogP contribution in [-0.4, -0.2) is 24.6 Å². The average molecular weight is 237 g/mol. The minimum Gasteiger partial charge on any atom is -0.447 e. The second kappa shape index (κ2) is 6.49. The smallest absolute Gasteiger partial charge is 0.404 e. The molecule has 1 rings (SSSR count). The van der Waals surface area contributed by atoms with Crippen LogP contribution >= 0.6 is 0 Å². The summed E-state index contributed by atoms with van der Waals surface area (Å²) in [5, 5.41) is 2.63. The Morgan fingerprint density at radius 2 is 1.94 bits per heavy atom. The third-order valence-corrected chi connectivity index (χ3v) is 2.05. The third-order valence-electron chi connectivity index (χ3n) is 2.05.